The molecule has 0 atom stereocenters. The summed E-state index contributed by atoms with van der Waals surface area (Å²) in [6.45, 7) is 0.556. The van der Waals surface area contributed by atoms with Crippen LogP contribution in [-0.2, 0) is 6.42 Å². The normalized spacial score (nSPS) is 10.4. The van der Waals surface area contributed by atoms with E-state index in [9.17, 15) is 10.1 Å². The number of nitro groups is 1. The maximum absolute atomic E-state index is 10.7. The number of nitro benzene ring substituents is 1. The predicted molar refractivity (Wildman–Crippen MR) is 63.0 cm³/mol. The Labute approximate surface area is 97.8 Å². The topological polar surface area (TPSA) is 87.0 Å². The van der Waals surface area contributed by atoms with Crippen molar-refractivity contribution in [3.05, 3.63) is 52.3 Å². The van der Waals surface area contributed by atoms with Crippen molar-refractivity contribution in [3.63, 3.8) is 0 Å². The maximum atomic E-state index is 10.7. The molecule has 0 radical (unpaired) electrons. The fourth-order valence-corrected chi connectivity index (χ4v) is 1.55. The van der Waals surface area contributed by atoms with E-state index in [2.05, 4.69) is 5.10 Å². The van der Waals surface area contributed by atoms with E-state index in [0.717, 1.165) is 12.0 Å². The smallest absolute Gasteiger partial charge is 0.271 e. The van der Waals surface area contributed by atoms with Crippen LogP contribution in [0.25, 0.3) is 5.69 Å². The second-order valence-electron chi connectivity index (χ2n) is 3.61. The van der Waals surface area contributed by atoms with Gasteiger partial charge >= 0.3 is 0 Å². The molecule has 6 nitrogen and oxygen atoms in total. The number of hydrogen-bond acceptors (Lipinski definition) is 4. The van der Waals surface area contributed by atoms with E-state index in [4.69, 9.17) is 5.73 Å². The monoisotopic (exact) mass is 232 g/mol. The molecule has 2 aromatic rings. The average molecular weight is 232 g/mol. The lowest BCUT2D eigenvalue weighted by molar-refractivity contribution is -0.384. The van der Waals surface area contributed by atoms with Gasteiger partial charge in [0, 0.05) is 18.3 Å². The largest absolute Gasteiger partial charge is 0.330 e. The van der Waals surface area contributed by atoms with Crippen LogP contribution in [0.3, 0.4) is 0 Å². The Morgan fingerprint density at radius 3 is 3.00 bits per heavy atom. The second kappa shape index (κ2) is 4.75. The summed E-state index contributed by atoms with van der Waals surface area (Å²) < 4.78 is 1.61. The Bertz CT molecular complexity index is 536. The highest BCUT2D eigenvalue weighted by atomic mass is 16.6. The van der Waals surface area contributed by atoms with Crippen LogP contribution >= 0.6 is 0 Å². The van der Waals surface area contributed by atoms with Gasteiger partial charge in [-0.2, -0.15) is 5.10 Å². The Hall–Kier alpha value is -2.21. The van der Waals surface area contributed by atoms with Gasteiger partial charge in [-0.1, -0.05) is 6.07 Å². The molecule has 0 spiro atoms. The summed E-state index contributed by atoms with van der Waals surface area (Å²) in [4.78, 5) is 10.2. The molecule has 1 aromatic carbocycles. The summed E-state index contributed by atoms with van der Waals surface area (Å²) >= 11 is 0. The lowest BCUT2D eigenvalue weighted by atomic mass is 10.2. The Morgan fingerprint density at radius 2 is 2.29 bits per heavy atom. The zero-order chi connectivity index (χ0) is 12.3. The number of rotatable bonds is 4. The summed E-state index contributed by atoms with van der Waals surface area (Å²) in [5, 5.41) is 14.8. The lowest BCUT2D eigenvalue weighted by Crippen LogP contribution is -2.01. The van der Waals surface area contributed by atoms with Gasteiger partial charge in [-0.3, -0.25) is 10.1 Å². The van der Waals surface area contributed by atoms with Crippen molar-refractivity contribution in [1.29, 1.82) is 0 Å². The first-order chi connectivity index (χ1) is 8.20. The molecule has 0 fully saturated rings. The third-order valence-corrected chi connectivity index (χ3v) is 2.37. The van der Waals surface area contributed by atoms with Gasteiger partial charge in [-0.25, -0.2) is 4.68 Å². The standard InChI is InChI=1S/C11H12N4O2/c12-5-4-9-7-13-14(8-9)10-2-1-3-11(6-10)15(16)17/h1-3,6-8H,4-5,12H2. The molecule has 0 saturated heterocycles. The Balaban J connectivity index is 2.32. The molecule has 17 heavy (non-hydrogen) atoms. The van der Waals surface area contributed by atoms with E-state index >= 15 is 0 Å². The van der Waals surface area contributed by atoms with Crippen LogP contribution < -0.4 is 5.73 Å². The predicted octanol–water partition coefficient (Wildman–Crippen LogP) is 1.28. The molecular weight excluding hydrogens is 220 g/mol. The van der Waals surface area contributed by atoms with E-state index < -0.39 is 4.92 Å². The van der Waals surface area contributed by atoms with Crippen LogP contribution in [-0.4, -0.2) is 21.2 Å². The van der Waals surface area contributed by atoms with Gasteiger partial charge in [-0.05, 0) is 24.6 Å². The van der Waals surface area contributed by atoms with Crippen molar-refractivity contribution >= 4 is 5.69 Å². The Kier molecular flexibility index (Phi) is 3.15. The minimum absolute atomic E-state index is 0.0541. The SMILES string of the molecule is NCCc1cnn(-c2cccc([N+](=O)[O-])c2)c1. The first kappa shape index (κ1) is 11.3. The molecule has 2 rings (SSSR count). The van der Waals surface area contributed by atoms with Gasteiger partial charge in [0.05, 0.1) is 16.8 Å². The Morgan fingerprint density at radius 1 is 1.47 bits per heavy atom. The van der Waals surface area contributed by atoms with E-state index in [-0.39, 0.29) is 5.69 Å². The van der Waals surface area contributed by atoms with E-state index in [0.29, 0.717) is 12.2 Å². The first-order valence-electron chi connectivity index (χ1n) is 5.19. The number of nitrogens with zero attached hydrogens (tertiary/aromatic N) is 3. The molecule has 0 saturated carbocycles. The van der Waals surface area contributed by atoms with E-state index in [1.54, 1.807) is 23.0 Å². The fourth-order valence-electron chi connectivity index (χ4n) is 1.55. The summed E-state index contributed by atoms with van der Waals surface area (Å²) in [6.07, 6.45) is 4.28. The van der Waals surface area contributed by atoms with Crippen molar-refractivity contribution in [2.45, 2.75) is 6.42 Å². The molecule has 0 aliphatic heterocycles. The highest BCUT2D eigenvalue weighted by molar-refractivity contribution is 5.42. The highest BCUT2D eigenvalue weighted by Crippen LogP contribution is 2.16. The number of nitrogens with two attached hydrogens (primary N) is 1. The van der Waals surface area contributed by atoms with Crippen molar-refractivity contribution in [3.8, 4) is 5.69 Å². The van der Waals surface area contributed by atoms with Crippen LogP contribution in [0.15, 0.2) is 36.7 Å². The minimum atomic E-state index is -0.423. The lowest BCUT2D eigenvalue weighted by Gasteiger charge is -2.00. The first-order valence-corrected chi connectivity index (χ1v) is 5.19. The molecule has 0 aliphatic rings. The zero-order valence-corrected chi connectivity index (χ0v) is 9.11. The van der Waals surface area contributed by atoms with Gasteiger partial charge in [0.15, 0.2) is 0 Å². The van der Waals surface area contributed by atoms with Gasteiger partial charge in [0.25, 0.3) is 5.69 Å². The molecular formula is C11H12N4O2. The molecule has 1 heterocycles. The summed E-state index contributed by atoms with van der Waals surface area (Å²) in [7, 11) is 0. The van der Waals surface area contributed by atoms with Gasteiger partial charge in [0.2, 0.25) is 0 Å². The highest BCUT2D eigenvalue weighted by Gasteiger charge is 2.07. The number of hydrogen-bond donors (Lipinski definition) is 1. The third-order valence-electron chi connectivity index (χ3n) is 2.37. The van der Waals surface area contributed by atoms with Crippen LogP contribution in [0.5, 0.6) is 0 Å². The van der Waals surface area contributed by atoms with Crippen LogP contribution in [0.1, 0.15) is 5.56 Å². The van der Waals surface area contributed by atoms with Crippen LogP contribution in [0.4, 0.5) is 5.69 Å². The summed E-state index contributed by atoms with van der Waals surface area (Å²) in [6, 6.07) is 6.34. The number of benzene rings is 1. The zero-order valence-electron chi connectivity index (χ0n) is 9.11. The molecule has 88 valence electrons. The van der Waals surface area contributed by atoms with E-state index in [1.165, 1.54) is 12.1 Å². The number of aromatic nitrogens is 2. The van der Waals surface area contributed by atoms with Crippen molar-refractivity contribution < 1.29 is 4.92 Å². The summed E-state index contributed by atoms with van der Waals surface area (Å²) in [5.41, 5.74) is 7.18. The van der Waals surface area contributed by atoms with Crippen LogP contribution in [0.2, 0.25) is 0 Å². The van der Waals surface area contributed by atoms with Gasteiger partial charge in [-0.15, -0.1) is 0 Å². The molecule has 0 unspecified atom stereocenters. The van der Waals surface area contributed by atoms with Crippen molar-refractivity contribution in [2.24, 2.45) is 5.73 Å². The van der Waals surface area contributed by atoms with Crippen LogP contribution in [0, 0.1) is 10.1 Å². The van der Waals surface area contributed by atoms with E-state index in [1.807, 2.05) is 6.20 Å². The third kappa shape index (κ3) is 2.48. The molecule has 0 bridgehead atoms. The quantitative estimate of drug-likeness (QED) is 0.635. The maximum Gasteiger partial charge on any atom is 0.271 e. The molecule has 0 amide bonds. The molecule has 1 aromatic heterocycles. The average Bonchev–Trinajstić information content (AvgIpc) is 2.78. The molecule has 2 N–H and O–H groups in total. The second-order valence-corrected chi connectivity index (χ2v) is 3.61. The minimum Gasteiger partial charge on any atom is -0.330 e. The number of non-ortho nitro benzene ring substituents is 1. The fraction of sp³-hybridized carbons (Fsp3) is 0.182. The van der Waals surface area contributed by atoms with Crippen molar-refractivity contribution in [1.82, 2.24) is 9.78 Å². The van der Waals surface area contributed by atoms with Gasteiger partial charge in [0.1, 0.15) is 0 Å². The molecule has 0 aliphatic carbocycles. The molecule has 6 heteroatoms. The van der Waals surface area contributed by atoms with Crippen molar-refractivity contribution in [2.75, 3.05) is 6.54 Å². The summed E-state index contributed by atoms with van der Waals surface area (Å²) in [5.74, 6) is 0. The van der Waals surface area contributed by atoms with Gasteiger partial charge < -0.3 is 5.73 Å².